The molecule has 1 aliphatic heterocycles. The lowest BCUT2D eigenvalue weighted by Crippen LogP contribution is -2.32. The zero-order valence-corrected chi connectivity index (χ0v) is 9.96. The molecule has 0 bridgehead atoms. The minimum Gasteiger partial charge on any atom is -0.288 e. The van der Waals surface area contributed by atoms with E-state index in [1.807, 2.05) is 13.8 Å². The van der Waals surface area contributed by atoms with Crippen molar-refractivity contribution in [3.8, 4) is 0 Å². The molecule has 0 saturated carbocycles. The normalized spacial score (nSPS) is 24.5. The molecule has 0 radical (unpaired) electrons. The van der Waals surface area contributed by atoms with Crippen LogP contribution in [0.25, 0.3) is 0 Å². The van der Waals surface area contributed by atoms with Gasteiger partial charge in [-0.15, -0.1) is 0 Å². The van der Waals surface area contributed by atoms with Gasteiger partial charge in [-0.3, -0.25) is 4.90 Å². The smallest absolute Gasteiger partial charge is 0.262 e. The van der Waals surface area contributed by atoms with Gasteiger partial charge in [0.05, 0.1) is 6.54 Å². The Morgan fingerprint density at radius 1 is 1.35 bits per heavy atom. The summed E-state index contributed by atoms with van der Waals surface area (Å²) in [7, 11) is 0. The summed E-state index contributed by atoms with van der Waals surface area (Å²) in [5.74, 6) is -3.05. The number of benzene rings is 1. The number of alkyl halides is 2. The largest absolute Gasteiger partial charge is 0.288 e. The van der Waals surface area contributed by atoms with Crippen molar-refractivity contribution in [2.45, 2.75) is 38.3 Å². The zero-order valence-electron chi connectivity index (χ0n) is 9.96. The molecule has 17 heavy (non-hydrogen) atoms. The van der Waals surface area contributed by atoms with Gasteiger partial charge < -0.3 is 0 Å². The van der Waals surface area contributed by atoms with Crippen LogP contribution in [0.15, 0.2) is 24.3 Å². The van der Waals surface area contributed by atoms with E-state index in [9.17, 15) is 13.2 Å². The van der Waals surface area contributed by atoms with Crippen LogP contribution in [-0.4, -0.2) is 23.4 Å². The molecule has 1 aromatic carbocycles. The first-order valence-corrected chi connectivity index (χ1v) is 5.78. The van der Waals surface area contributed by atoms with Crippen LogP contribution in [0.5, 0.6) is 0 Å². The minimum atomic E-state index is -2.68. The van der Waals surface area contributed by atoms with Crippen LogP contribution in [0.2, 0.25) is 0 Å². The molecule has 0 amide bonds. The maximum Gasteiger partial charge on any atom is 0.262 e. The Morgan fingerprint density at radius 2 is 2.06 bits per heavy atom. The Kier molecular flexibility index (Phi) is 3.17. The second-order valence-electron chi connectivity index (χ2n) is 4.90. The number of likely N-dealkylation sites (tertiary alicyclic amines) is 1. The average Bonchev–Trinajstić information content (AvgIpc) is 2.55. The topological polar surface area (TPSA) is 3.24 Å². The molecule has 1 aromatic rings. The minimum absolute atomic E-state index is 0.0247. The monoisotopic (exact) mass is 243 g/mol. The predicted molar refractivity (Wildman–Crippen MR) is 60.5 cm³/mol. The molecule has 1 nitrogen and oxygen atoms in total. The second-order valence-corrected chi connectivity index (χ2v) is 4.90. The molecule has 1 atom stereocenters. The summed E-state index contributed by atoms with van der Waals surface area (Å²) >= 11 is 0. The molecule has 94 valence electrons. The van der Waals surface area contributed by atoms with Crippen molar-refractivity contribution in [2.24, 2.45) is 0 Å². The lowest BCUT2D eigenvalue weighted by molar-refractivity contribution is 0.00917. The van der Waals surface area contributed by atoms with Crippen LogP contribution >= 0.6 is 0 Å². The lowest BCUT2D eigenvalue weighted by Gasteiger charge is -2.27. The van der Waals surface area contributed by atoms with Crippen LogP contribution in [0.4, 0.5) is 13.2 Å². The fraction of sp³-hybridized carbons (Fsp3) is 0.538. The highest BCUT2D eigenvalue weighted by molar-refractivity contribution is 5.22. The van der Waals surface area contributed by atoms with Crippen LogP contribution in [0, 0.1) is 5.82 Å². The Morgan fingerprint density at radius 3 is 2.65 bits per heavy atom. The first kappa shape index (κ1) is 12.4. The molecule has 1 fully saturated rings. The van der Waals surface area contributed by atoms with E-state index in [0.29, 0.717) is 5.56 Å². The Bertz CT molecular complexity index is 403. The number of hydrogen-bond donors (Lipinski definition) is 0. The summed E-state index contributed by atoms with van der Waals surface area (Å²) in [6.45, 7) is 3.52. The Labute approximate surface area is 99.2 Å². The molecule has 1 heterocycles. The van der Waals surface area contributed by atoms with Gasteiger partial charge in [0.25, 0.3) is 5.92 Å². The average molecular weight is 243 g/mol. The van der Waals surface area contributed by atoms with Crippen LogP contribution < -0.4 is 0 Å². The van der Waals surface area contributed by atoms with Gasteiger partial charge in [-0.05, 0) is 31.5 Å². The van der Waals surface area contributed by atoms with Crippen LogP contribution in [0.1, 0.15) is 31.9 Å². The van der Waals surface area contributed by atoms with E-state index in [1.165, 1.54) is 12.1 Å². The van der Waals surface area contributed by atoms with Gasteiger partial charge in [-0.2, -0.15) is 0 Å². The maximum atomic E-state index is 13.5. The van der Waals surface area contributed by atoms with E-state index in [2.05, 4.69) is 0 Å². The molecule has 0 aromatic heterocycles. The van der Waals surface area contributed by atoms with Crippen molar-refractivity contribution in [1.82, 2.24) is 4.90 Å². The number of halogens is 3. The molecule has 4 heteroatoms. The lowest BCUT2D eigenvalue weighted by atomic mass is 10.0. The highest BCUT2D eigenvalue weighted by Crippen LogP contribution is 2.42. The maximum absolute atomic E-state index is 13.5. The van der Waals surface area contributed by atoms with Crippen molar-refractivity contribution in [3.05, 3.63) is 35.6 Å². The first-order valence-electron chi connectivity index (χ1n) is 5.78. The predicted octanol–water partition coefficient (Wildman–Crippen LogP) is 3.62. The van der Waals surface area contributed by atoms with E-state index in [-0.39, 0.29) is 30.9 Å². The summed E-state index contributed by atoms with van der Waals surface area (Å²) < 4.78 is 40.0. The third kappa shape index (κ3) is 2.63. The molecule has 0 N–H and O–H groups in total. The molecular formula is C13H16F3N. The second kappa shape index (κ2) is 4.33. The third-order valence-electron chi connectivity index (χ3n) is 3.20. The quantitative estimate of drug-likeness (QED) is 0.767. The number of rotatable bonds is 2. The van der Waals surface area contributed by atoms with Crippen LogP contribution in [-0.2, 0) is 0 Å². The fourth-order valence-corrected chi connectivity index (χ4v) is 2.41. The molecule has 1 saturated heterocycles. The molecule has 0 spiro atoms. The highest BCUT2D eigenvalue weighted by atomic mass is 19.3. The summed E-state index contributed by atoms with van der Waals surface area (Å²) in [4.78, 5) is 1.73. The standard InChI is InChI=1S/C13H16F3N/c1-9(2)17-8-13(15,16)7-12(17)10-4-3-5-11(14)6-10/h3-6,9,12H,7-8H2,1-2H3. The van der Waals surface area contributed by atoms with Crippen molar-refractivity contribution in [1.29, 1.82) is 0 Å². The fourth-order valence-electron chi connectivity index (χ4n) is 2.41. The van der Waals surface area contributed by atoms with Crippen LogP contribution in [0.3, 0.4) is 0 Å². The van der Waals surface area contributed by atoms with Crippen molar-refractivity contribution in [2.75, 3.05) is 6.54 Å². The van der Waals surface area contributed by atoms with E-state index in [4.69, 9.17) is 0 Å². The Hall–Kier alpha value is -1.03. The SMILES string of the molecule is CC(C)N1CC(F)(F)CC1c1cccc(F)c1. The van der Waals surface area contributed by atoms with Gasteiger partial charge in [0.1, 0.15) is 5.82 Å². The summed E-state index contributed by atoms with van der Waals surface area (Å²) in [5, 5.41) is 0. The number of hydrogen-bond acceptors (Lipinski definition) is 1. The van der Waals surface area contributed by atoms with Gasteiger partial charge in [0.2, 0.25) is 0 Å². The third-order valence-corrected chi connectivity index (χ3v) is 3.20. The van der Waals surface area contributed by atoms with Gasteiger partial charge in [0, 0.05) is 18.5 Å². The first-order chi connectivity index (χ1) is 7.89. The van der Waals surface area contributed by atoms with E-state index >= 15 is 0 Å². The molecule has 1 unspecified atom stereocenters. The molecule has 1 aliphatic rings. The van der Waals surface area contributed by atoms with E-state index in [1.54, 1.807) is 17.0 Å². The zero-order chi connectivity index (χ0) is 12.6. The summed E-state index contributed by atoms with van der Waals surface area (Å²) in [5.41, 5.74) is 0.635. The highest BCUT2D eigenvalue weighted by Gasteiger charge is 2.46. The number of nitrogens with zero attached hydrogens (tertiary/aromatic N) is 1. The van der Waals surface area contributed by atoms with Crippen molar-refractivity contribution < 1.29 is 13.2 Å². The van der Waals surface area contributed by atoms with Gasteiger partial charge in [0.15, 0.2) is 0 Å². The summed E-state index contributed by atoms with van der Waals surface area (Å²) in [6.07, 6.45) is -0.228. The Balaban J connectivity index is 2.30. The molecular weight excluding hydrogens is 227 g/mol. The van der Waals surface area contributed by atoms with Gasteiger partial charge in [-0.1, -0.05) is 12.1 Å². The van der Waals surface area contributed by atoms with Crippen molar-refractivity contribution >= 4 is 0 Å². The van der Waals surface area contributed by atoms with Crippen molar-refractivity contribution in [3.63, 3.8) is 0 Å². The molecule has 0 aliphatic carbocycles. The summed E-state index contributed by atoms with van der Waals surface area (Å²) in [6, 6.07) is 5.60. The van der Waals surface area contributed by atoms with E-state index in [0.717, 1.165) is 0 Å². The van der Waals surface area contributed by atoms with Gasteiger partial charge >= 0.3 is 0 Å². The van der Waals surface area contributed by atoms with E-state index < -0.39 is 5.92 Å². The molecule has 2 rings (SSSR count). The van der Waals surface area contributed by atoms with Gasteiger partial charge in [-0.25, -0.2) is 13.2 Å².